The average molecular weight is 289 g/mol. The number of aromatic amines is 1. The predicted octanol–water partition coefficient (Wildman–Crippen LogP) is 2.32. The van der Waals surface area contributed by atoms with Gasteiger partial charge in [-0.1, -0.05) is 32.1 Å². The zero-order chi connectivity index (χ0) is 14.7. The molecule has 2 saturated carbocycles. The van der Waals surface area contributed by atoms with E-state index in [1.54, 1.807) is 0 Å². The topological polar surface area (TPSA) is 74.8 Å². The quantitative estimate of drug-likeness (QED) is 0.789. The molecule has 2 N–H and O–H groups in total. The largest absolute Gasteiger partial charge is 0.356 e. The Morgan fingerprint density at radius 1 is 1.24 bits per heavy atom. The third-order valence-electron chi connectivity index (χ3n) is 4.80. The van der Waals surface area contributed by atoms with Crippen molar-refractivity contribution in [3.05, 3.63) is 18.2 Å². The van der Waals surface area contributed by atoms with Crippen LogP contribution in [0.15, 0.2) is 12.5 Å². The molecule has 3 rings (SSSR count). The van der Waals surface area contributed by atoms with Crippen LogP contribution in [0.2, 0.25) is 0 Å². The van der Waals surface area contributed by atoms with Crippen LogP contribution in [0.1, 0.15) is 55.4 Å². The van der Waals surface area contributed by atoms with Crippen molar-refractivity contribution in [3.8, 4) is 0 Å². The number of aromatic nitrogens is 2. The average Bonchev–Trinajstić information content (AvgIpc) is 3.13. The van der Waals surface area contributed by atoms with Crippen molar-refractivity contribution >= 4 is 11.7 Å². The fourth-order valence-corrected chi connectivity index (χ4v) is 3.37. The summed E-state index contributed by atoms with van der Waals surface area (Å²) in [5, 5.41) is 3.01. The molecule has 5 heteroatoms. The number of H-pyrrole nitrogens is 1. The number of Topliss-reactive ketones (excluding diaryl/α,β-unsaturated/α-hetero) is 1. The van der Waals surface area contributed by atoms with Crippen LogP contribution < -0.4 is 5.32 Å². The Bertz CT molecular complexity index is 492. The highest BCUT2D eigenvalue weighted by molar-refractivity contribution is 6.02. The fourth-order valence-electron chi connectivity index (χ4n) is 3.37. The lowest BCUT2D eigenvalue weighted by Crippen LogP contribution is -2.29. The second-order valence-electron chi connectivity index (χ2n) is 6.36. The molecule has 2 aliphatic carbocycles. The van der Waals surface area contributed by atoms with Gasteiger partial charge in [0.25, 0.3) is 0 Å². The zero-order valence-electron chi connectivity index (χ0n) is 12.3. The van der Waals surface area contributed by atoms with Crippen LogP contribution >= 0.6 is 0 Å². The number of hydrogen-bond acceptors (Lipinski definition) is 3. The lowest BCUT2D eigenvalue weighted by Gasteiger charge is -2.21. The predicted molar refractivity (Wildman–Crippen MR) is 78.7 cm³/mol. The van der Waals surface area contributed by atoms with Crippen LogP contribution in [0, 0.1) is 17.8 Å². The van der Waals surface area contributed by atoms with Crippen molar-refractivity contribution in [2.75, 3.05) is 6.54 Å². The molecule has 114 valence electrons. The molecule has 2 atom stereocenters. The van der Waals surface area contributed by atoms with Gasteiger partial charge in [0, 0.05) is 18.4 Å². The van der Waals surface area contributed by atoms with E-state index in [0.717, 1.165) is 18.9 Å². The Labute approximate surface area is 124 Å². The highest BCUT2D eigenvalue weighted by Gasteiger charge is 2.48. The highest BCUT2D eigenvalue weighted by atomic mass is 16.2. The van der Waals surface area contributed by atoms with Crippen molar-refractivity contribution < 1.29 is 9.59 Å². The first-order valence-electron chi connectivity index (χ1n) is 8.06. The minimum absolute atomic E-state index is 0.0138. The van der Waals surface area contributed by atoms with Crippen molar-refractivity contribution in [2.24, 2.45) is 17.8 Å². The molecule has 2 fully saturated rings. The number of rotatable bonds is 6. The second kappa shape index (κ2) is 6.41. The van der Waals surface area contributed by atoms with E-state index in [1.807, 2.05) is 0 Å². The molecule has 0 radical (unpaired) electrons. The summed E-state index contributed by atoms with van der Waals surface area (Å²) in [6.45, 7) is 0.755. The number of nitrogens with zero attached hydrogens (tertiary/aromatic N) is 1. The lowest BCUT2D eigenvalue weighted by atomic mass is 9.87. The molecule has 1 aromatic rings. The summed E-state index contributed by atoms with van der Waals surface area (Å²) in [6, 6.07) is 0. The molecule has 0 aromatic carbocycles. The summed E-state index contributed by atoms with van der Waals surface area (Å²) in [7, 11) is 0. The molecule has 0 aliphatic heterocycles. The van der Waals surface area contributed by atoms with Crippen LogP contribution in [-0.4, -0.2) is 28.2 Å². The van der Waals surface area contributed by atoms with Gasteiger partial charge in [-0.2, -0.15) is 0 Å². The SMILES string of the molecule is O=C(NCCC1CCCCC1)[C@H]1C[C@H]1C(=O)c1cnc[nH]1. The first-order chi connectivity index (χ1) is 10.3. The molecule has 2 aliphatic rings. The molecule has 21 heavy (non-hydrogen) atoms. The Hall–Kier alpha value is -1.65. The summed E-state index contributed by atoms with van der Waals surface area (Å²) >= 11 is 0. The summed E-state index contributed by atoms with van der Waals surface area (Å²) in [5.74, 6) is 0.552. The van der Waals surface area contributed by atoms with Gasteiger partial charge in [-0.15, -0.1) is 0 Å². The molecule has 0 saturated heterocycles. The number of nitrogens with one attached hydrogen (secondary N) is 2. The maximum Gasteiger partial charge on any atom is 0.223 e. The van der Waals surface area contributed by atoms with E-state index in [0.29, 0.717) is 12.1 Å². The van der Waals surface area contributed by atoms with Crippen LogP contribution in [0.4, 0.5) is 0 Å². The van der Waals surface area contributed by atoms with E-state index < -0.39 is 0 Å². The molecule has 5 nitrogen and oxygen atoms in total. The van der Waals surface area contributed by atoms with Crippen molar-refractivity contribution in [1.29, 1.82) is 0 Å². The van der Waals surface area contributed by atoms with Gasteiger partial charge in [-0.3, -0.25) is 9.59 Å². The van der Waals surface area contributed by atoms with E-state index in [2.05, 4.69) is 15.3 Å². The van der Waals surface area contributed by atoms with Gasteiger partial charge in [0.1, 0.15) is 5.69 Å². The van der Waals surface area contributed by atoms with Gasteiger partial charge < -0.3 is 10.3 Å². The normalized spacial score (nSPS) is 25.5. The number of amides is 1. The lowest BCUT2D eigenvalue weighted by molar-refractivity contribution is -0.122. The Balaban J connectivity index is 1.38. The summed E-state index contributed by atoms with van der Waals surface area (Å²) < 4.78 is 0. The van der Waals surface area contributed by atoms with Gasteiger partial charge in [-0.05, 0) is 18.8 Å². The first-order valence-corrected chi connectivity index (χ1v) is 8.06. The van der Waals surface area contributed by atoms with E-state index in [1.165, 1.54) is 44.6 Å². The summed E-state index contributed by atoms with van der Waals surface area (Å²) in [6.07, 6.45) is 11.4. The molecule has 0 spiro atoms. The van der Waals surface area contributed by atoms with Gasteiger partial charge in [0.2, 0.25) is 5.91 Å². The van der Waals surface area contributed by atoms with Crippen molar-refractivity contribution in [2.45, 2.75) is 44.9 Å². The van der Waals surface area contributed by atoms with E-state index in [9.17, 15) is 9.59 Å². The van der Waals surface area contributed by atoms with E-state index in [-0.39, 0.29) is 23.5 Å². The summed E-state index contributed by atoms with van der Waals surface area (Å²) in [4.78, 5) is 30.8. The third kappa shape index (κ3) is 3.52. The fraction of sp³-hybridized carbons (Fsp3) is 0.688. The number of imidazole rings is 1. The number of hydrogen-bond donors (Lipinski definition) is 2. The second-order valence-corrected chi connectivity index (χ2v) is 6.36. The standard InChI is InChI=1S/C16H23N3O2/c20-15(14-9-17-10-19-14)12-8-13(12)16(21)18-7-6-11-4-2-1-3-5-11/h9-13H,1-8H2,(H,17,19)(H,18,21)/t12-,13+/m1/s1. The Morgan fingerprint density at radius 3 is 2.76 bits per heavy atom. The number of carbonyl (C=O) groups excluding carboxylic acids is 2. The monoisotopic (exact) mass is 289 g/mol. The molecule has 1 aromatic heterocycles. The van der Waals surface area contributed by atoms with E-state index in [4.69, 9.17) is 0 Å². The van der Waals surface area contributed by atoms with Crippen LogP contribution in [0.25, 0.3) is 0 Å². The molecule has 1 heterocycles. The third-order valence-corrected chi connectivity index (χ3v) is 4.80. The molecule has 1 amide bonds. The van der Waals surface area contributed by atoms with Gasteiger partial charge in [-0.25, -0.2) is 4.98 Å². The first kappa shape index (κ1) is 14.3. The number of carbonyl (C=O) groups is 2. The maximum atomic E-state index is 12.1. The molecular formula is C16H23N3O2. The molecular weight excluding hydrogens is 266 g/mol. The minimum atomic E-state index is -0.153. The van der Waals surface area contributed by atoms with Gasteiger partial charge in [0.15, 0.2) is 5.78 Å². The van der Waals surface area contributed by atoms with Crippen molar-refractivity contribution in [1.82, 2.24) is 15.3 Å². The summed E-state index contributed by atoms with van der Waals surface area (Å²) in [5.41, 5.74) is 0.512. The highest BCUT2D eigenvalue weighted by Crippen LogP contribution is 2.40. The van der Waals surface area contributed by atoms with Crippen LogP contribution in [0.5, 0.6) is 0 Å². The Morgan fingerprint density at radius 2 is 2.05 bits per heavy atom. The molecule has 0 unspecified atom stereocenters. The Kier molecular flexibility index (Phi) is 4.36. The maximum absolute atomic E-state index is 12.1. The zero-order valence-corrected chi connectivity index (χ0v) is 12.3. The number of ketones is 1. The minimum Gasteiger partial charge on any atom is -0.356 e. The van der Waals surface area contributed by atoms with Crippen molar-refractivity contribution in [3.63, 3.8) is 0 Å². The molecule has 0 bridgehead atoms. The van der Waals surface area contributed by atoms with Crippen LogP contribution in [0.3, 0.4) is 0 Å². The van der Waals surface area contributed by atoms with E-state index >= 15 is 0 Å². The smallest absolute Gasteiger partial charge is 0.223 e. The van der Waals surface area contributed by atoms with Gasteiger partial charge in [0.05, 0.1) is 12.5 Å². The van der Waals surface area contributed by atoms with Gasteiger partial charge >= 0.3 is 0 Å². The van der Waals surface area contributed by atoms with Crippen LogP contribution in [-0.2, 0) is 4.79 Å².